The highest BCUT2D eigenvalue weighted by atomic mass is 16.5. The number of carbonyl (C=O) groups is 1. The molecule has 0 radical (unpaired) electrons. The van der Waals surface area contributed by atoms with Gasteiger partial charge >= 0.3 is 6.03 Å². The summed E-state index contributed by atoms with van der Waals surface area (Å²) in [6.07, 6.45) is 3.13. The molecule has 2 rings (SSSR count). The van der Waals surface area contributed by atoms with Crippen LogP contribution in [0.5, 0.6) is 0 Å². The average Bonchev–Trinajstić information content (AvgIpc) is 2.65. The second-order valence-corrected chi connectivity index (χ2v) is 6.77. The van der Waals surface area contributed by atoms with Gasteiger partial charge in [-0.1, -0.05) is 20.8 Å². The first-order chi connectivity index (χ1) is 10.1. The van der Waals surface area contributed by atoms with Gasteiger partial charge in [-0.05, 0) is 31.7 Å². The van der Waals surface area contributed by atoms with Gasteiger partial charge in [0.25, 0.3) is 0 Å². The van der Waals surface area contributed by atoms with E-state index in [0.29, 0.717) is 5.92 Å². The molecule has 2 saturated heterocycles. The molecule has 0 aromatic carbocycles. The molecular formula is C16H31N3O2. The van der Waals surface area contributed by atoms with E-state index in [0.717, 1.165) is 65.2 Å². The monoisotopic (exact) mass is 297 g/mol. The molecule has 2 heterocycles. The van der Waals surface area contributed by atoms with Crippen LogP contribution in [0.15, 0.2) is 0 Å². The number of hydrogen-bond acceptors (Lipinski definition) is 3. The third-order valence-corrected chi connectivity index (χ3v) is 4.77. The Morgan fingerprint density at radius 1 is 1.29 bits per heavy atom. The Hall–Kier alpha value is -0.810. The molecule has 2 aliphatic rings. The fourth-order valence-electron chi connectivity index (χ4n) is 3.52. The maximum absolute atomic E-state index is 12.4. The minimum atomic E-state index is 0.104. The van der Waals surface area contributed by atoms with Gasteiger partial charge in [-0.3, -0.25) is 4.90 Å². The molecule has 2 aliphatic heterocycles. The normalized spacial score (nSPS) is 23.3. The summed E-state index contributed by atoms with van der Waals surface area (Å²) in [5.74, 6) is 0.491. The Labute approximate surface area is 129 Å². The molecule has 0 aromatic rings. The van der Waals surface area contributed by atoms with Crippen LogP contribution in [0.4, 0.5) is 4.79 Å². The number of nitrogens with zero attached hydrogens (tertiary/aromatic N) is 2. The molecule has 0 unspecified atom stereocenters. The number of amides is 2. The molecule has 21 heavy (non-hydrogen) atoms. The molecule has 5 heteroatoms. The standard InChI is InChI=1S/C16H31N3O2/c1-4-19-9-5-8-18(15(20)17-12-14(2)3)13-16(19)6-10-21-11-7-16/h14H,4-13H2,1-3H3,(H,17,20). The molecular weight excluding hydrogens is 266 g/mol. The van der Waals surface area contributed by atoms with Crippen molar-refractivity contribution in [3.05, 3.63) is 0 Å². The Kier molecular flexibility index (Phi) is 5.88. The summed E-state index contributed by atoms with van der Waals surface area (Å²) in [6.45, 7) is 12.7. The largest absolute Gasteiger partial charge is 0.381 e. The molecule has 122 valence electrons. The zero-order chi connectivity index (χ0) is 15.3. The van der Waals surface area contributed by atoms with E-state index < -0.39 is 0 Å². The lowest BCUT2D eigenvalue weighted by molar-refractivity contribution is -0.0291. The number of hydrogen-bond donors (Lipinski definition) is 1. The SMILES string of the molecule is CCN1CCCN(C(=O)NCC(C)C)CC12CCOCC2. The number of ether oxygens (including phenoxy) is 1. The third-order valence-electron chi connectivity index (χ3n) is 4.77. The first-order valence-electron chi connectivity index (χ1n) is 8.43. The molecule has 2 fully saturated rings. The van der Waals surface area contributed by atoms with Crippen molar-refractivity contribution in [1.82, 2.24) is 15.1 Å². The fourth-order valence-corrected chi connectivity index (χ4v) is 3.52. The molecule has 5 nitrogen and oxygen atoms in total. The summed E-state index contributed by atoms with van der Waals surface area (Å²) < 4.78 is 5.56. The van der Waals surface area contributed by atoms with Gasteiger partial charge in [0.1, 0.15) is 0 Å². The van der Waals surface area contributed by atoms with Crippen molar-refractivity contribution in [3.63, 3.8) is 0 Å². The number of carbonyl (C=O) groups excluding carboxylic acids is 1. The van der Waals surface area contributed by atoms with Crippen LogP contribution >= 0.6 is 0 Å². The first-order valence-corrected chi connectivity index (χ1v) is 8.43. The lowest BCUT2D eigenvalue weighted by Crippen LogP contribution is -2.58. The van der Waals surface area contributed by atoms with Gasteiger partial charge in [-0.25, -0.2) is 4.79 Å². The summed E-state index contributed by atoms with van der Waals surface area (Å²) in [5, 5.41) is 3.07. The lowest BCUT2D eigenvalue weighted by Gasteiger charge is -2.46. The number of likely N-dealkylation sites (N-methyl/N-ethyl adjacent to an activating group) is 1. The number of rotatable bonds is 3. The fraction of sp³-hybridized carbons (Fsp3) is 0.938. The van der Waals surface area contributed by atoms with Crippen molar-refractivity contribution in [2.75, 3.05) is 45.9 Å². The van der Waals surface area contributed by atoms with E-state index in [9.17, 15) is 4.79 Å². The molecule has 1 N–H and O–H groups in total. The van der Waals surface area contributed by atoms with Crippen LogP contribution < -0.4 is 5.32 Å². The Bertz CT molecular complexity index is 340. The summed E-state index contributed by atoms with van der Waals surface area (Å²) in [4.78, 5) is 17.0. The zero-order valence-electron chi connectivity index (χ0n) is 13.9. The minimum absolute atomic E-state index is 0.104. The Morgan fingerprint density at radius 2 is 2.00 bits per heavy atom. The van der Waals surface area contributed by atoms with Crippen molar-refractivity contribution in [1.29, 1.82) is 0 Å². The summed E-state index contributed by atoms with van der Waals surface area (Å²) in [5.41, 5.74) is 0.124. The molecule has 0 aromatic heterocycles. The Morgan fingerprint density at radius 3 is 2.62 bits per heavy atom. The predicted octanol–water partition coefficient (Wildman–Crippen LogP) is 1.93. The number of nitrogens with one attached hydrogen (secondary N) is 1. The smallest absolute Gasteiger partial charge is 0.317 e. The molecule has 0 saturated carbocycles. The van der Waals surface area contributed by atoms with E-state index in [1.165, 1.54) is 0 Å². The summed E-state index contributed by atoms with van der Waals surface area (Å²) in [6, 6.07) is 0.104. The van der Waals surface area contributed by atoms with Gasteiger partial charge in [-0.2, -0.15) is 0 Å². The summed E-state index contributed by atoms with van der Waals surface area (Å²) in [7, 11) is 0. The molecule has 1 spiro atoms. The van der Waals surface area contributed by atoms with Crippen LogP contribution in [0.2, 0.25) is 0 Å². The first kappa shape index (κ1) is 16.6. The van der Waals surface area contributed by atoms with Crippen LogP contribution in [0.25, 0.3) is 0 Å². The maximum atomic E-state index is 12.4. The van der Waals surface area contributed by atoms with Crippen molar-refractivity contribution >= 4 is 6.03 Å². The predicted molar refractivity (Wildman–Crippen MR) is 84.5 cm³/mol. The van der Waals surface area contributed by atoms with Crippen LogP contribution in [-0.2, 0) is 4.74 Å². The van der Waals surface area contributed by atoms with Gasteiger partial charge in [0.05, 0.1) is 0 Å². The second kappa shape index (κ2) is 7.45. The highest BCUT2D eigenvalue weighted by molar-refractivity contribution is 5.74. The topological polar surface area (TPSA) is 44.8 Å². The molecule has 0 bridgehead atoms. The zero-order valence-corrected chi connectivity index (χ0v) is 13.9. The minimum Gasteiger partial charge on any atom is -0.381 e. The van der Waals surface area contributed by atoms with Crippen molar-refractivity contribution < 1.29 is 9.53 Å². The molecule has 2 amide bonds. The van der Waals surface area contributed by atoms with Crippen LogP contribution in [0.1, 0.15) is 40.0 Å². The van der Waals surface area contributed by atoms with Crippen LogP contribution in [-0.4, -0.2) is 67.3 Å². The van der Waals surface area contributed by atoms with Gasteiger partial charge in [0, 0.05) is 44.9 Å². The van der Waals surface area contributed by atoms with Gasteiger partial charge < -0.3 is 15.0 Å². The number of urea groups is 1. The summed E-state index contributed by atoms with van der Waals surface area (Å²) >= 11 is 0. The van der Waals surface area contributed by atoms with Crippen molar-refractivity contribution in [2.45, 2.75) is 45.6 Å². The highest BCUT2D eigenvalue weighted by Crippen LogP contribution is 2.31. The Balaban J connectivity index is 2.05. The van der Waals surface area contributed by atoms with Crippen LogP contribution in [0, 0.1) is 5.92 Å². The van der Waals surface area contributed by atoms with E-state index in [1.807, 2.05) is 4.90 Å². The molecule has 0 aliphatic carbocycles. The third kappa shape index (κ3) is 4.10. The van der Waals surface area contributed by atoms with Crippen molar-refractivity contribution in [3.8, 4) is 0 Å². The molecule has 0 atom stereocenters. The average molecular weight is 297 g/mol. The lowest BCUT2D eigenvalue weighted by atomic mass is 9.87. The van der Waals surface area contributed by atoms with Crippen LogP contribution in [0.3, 0.4) is 0 Å². The van der Waals surface area contributed by atoms with Gasteiger partial charge in [-0.15, -0.1) is 0 Å². The van der Waals surface area contributed by atoms with E-state index in [4.69, 9.17) is 4.74 Å². The van der Waals surface area contributed by atoms with Crippen molar-refractivity contribution in [2.24, 2.45) is 5.92 Å². The van der Waals surface area contributed by atoms with E-state index in [2.05, 4.69) is 31.0 Å². The van der Waals surface area contributed by atoms with Gasteiger partial charge in [0.15, 0.2) is 0 Å². The van der Waals surface area contributed by atoms with Gasteiger partial charge in [0.2, 0.25) is 0 Å². The quantitative estimate of drug-likeness (QED) is 0.866. The highest BCUT2D eigenvalue weighted by Gasteiger charge is 2.41. The van der Waals surface area contributed by atoms with E-state index >= 15 is 0 Å². The van der Waals surface area contributed by atoms with E-state index in [-0.39, 0.29) is 11.6 Å². The maximum Gasteiger partial charge on any atom is 0.317 e. The van der Waals surface area contributed by atoms with E-state index in [1.54, 1.807) is 0 Å². The second-order valence-electron chi connectivity index (χ2n) is 6.77.